The Morgan fingerprint density at radius 1 is 1.55 bits per heavy atom. The molecule has 0 fully saturated rings. The van der Waals surface area contributed by atoms with Crippen LogP contribution in [0.2, 0.25) is 0 Å². The lowest BCUT2D eigenvalue weighted by Gasteiger charge is -2.15. The smallest absolute Gasteiger partial charge is 0.305 e. The van der Waals surface area contributed by atoms with Gasteiger partial charge in [-0.15, -0.1) is 11.3 Å². The minimum Gasteiger partial charge on any atom is -0.481 e. The zero-order valence-electron chi connectivity index (χ0n) is 12.1. The zero-order chi connectivity index (χ0) is 16.3. The van der Waals surface area contributed by atoms with Gasteiger partial charge in [0.15, 0.2) is 11.2 Å². The number of carboxylic acid groups (broad SMARTS) is 1. The first-order valence-electron chi connectivity index (χ1n) is 6.44. The van der Waals surface area contributed by atoms with E-state index < -0.39 is 5.97 Å². The summed E-state index contributed by atoms with van der Waals surface area (Å²) in [6.07, 6.45) is 0.645. The third-order valence-corrected chi connectivity index (χ3v) is 4.98. The normalized spacial score (nSPS) is 10.8. The van der Waals surface area contributed by atoms with Gasteiger partial charge in [-0.2, -0.15) is 0 Å². The average molecular weight is 341 g/mol. The Morgan fingerprint density at radius 3 is 2.91 bits per heavy atom. The van der Waals surface area contributed by atoms with Gasteiger partial charge in [0.05, 0.1) is 12.2 Å². The number of rotatable bonds is 7. The average Bonchev–Trinajstić information content (AvgIpc) is 3.01. The number of hydrogen-bond acceptors (Lipinski definition) is 6. The van der Waals surface area contributed by atoms with Crippen LogP contribution in [0.1, 0.15) is 22.6 Å². The molecule has 9 heteroatoms. The Bertz CT molecular complexity index is 722. The van der Waals surface area contributed by atoms with Crippen molar-refractivity contribution in [1.29, 1.82) is 0 Å². The van der Waals surface area contributed by atoms with Crippen molar-refractivity contribution < 1.29 is 19.5 Å². The second-order valence-electron chi connectivity index (χ2n) is 4.66. The van der Waals surface area contributed by atoms with Crippen LogP contribution in [0, 0.1) is 6.92 Å². The summed E-state index contributed by atoms with van der Waals surface area (Å²) in [6, 6.07) is 0. The molecule has 0 aromatic carbocycles. The van der Waals surface area contributed by atoms with E-state index in [9.17, 15) is 14.4 Å². The summed E-state index contributed by atoms with van der Waals surface area (Å²) in [6.45, 7) is 2.05. The summed E-state index contributed by atoms with van der Waals surface area (Å²) in [5, 5.41) is 11.0. The minimum absolute atomic E-state index is 0.0914. The number of aryl methyl sites for hydroxylation is 1. The topological polar surface area (TPSA) is 92.0 Å². The number of aromatic nitrogens is 2. The summed E-state index contributed by atoms with van der Waals surface area (Å²) in [5.74, 6) is -1.03. The van der Waals surface area contributed by atoms with Gasteiger partial charge >= 0.3 is 5.97 Å². The predicted molar refractivity (Wildman–Crippen MR) is 83.8 cm³/mol. The first kappa shape index (κ1) is 16.5. The molecule has 2 heterocycles. The van der Waals surface area contributed by atoms with Crippen LogP contribution in [0.3, 0.4) is 0 Å². The van der Waals surface area contributed by atoms with Gasteiger partial charge in [0.25, 0.3) is 0 Å². The number of hydrogen-bond donors (Lipinski definition) is 1. The maximum absolute atomic E-state index is 11.9. The van der Waals surface area contributed by atoms with Crippen LogP contribution in [-0.4, -0.2) is 56.9 Å². The van der Waals surface area contributed by atoms with Crippen molar-refractivity contribution in [2.24, 2.45) is 0 Å². The van der Waals surface area contributed by atoms with Gasteiger partial charge in [0.2, 0.25) is 5.91 Å². The van der Waals surface area contributed by atoms with E-state index in [1.807, 2.05) is 12.3 Å². The molecule has 2 aromatic rings. The lowest BCUT2D eigenvalue weighted by molar-refractivity contribution is -0.137. The number of carbonyl (C=O) groups excluding carboxylic acids is 2. The lowest BCUT2D eigenvalue weighted by Crippen LogP contribution is -2.30. The number of imidazole rings is 1. The summed E-state index contributed by atoms with van der Waals surface area (Å²) < 4.78 is 1.76. The number of fused-ring (bicyclic) bond motifs is 1. The number of aliphatic carboxylic acids is 1. The van der Waals surface area contributed by atoms with Gasteiger partial charge in [-0.05, 0) is 6.92 Å². The van der Waals surface area contributed by atoms with Crippen LogP contribution >= 0.6 is 23.1 Å². The van der Waals surface area contributed by atoms with E-state index in [0.717, 1.165) is 12.0 Å². The van der Waals surface area contributed by atoms with Gasteiger partial charge in [0, 0.05) is 24.7 Å². The number of thiazole rings is 1. The standard InChI is InChI=1S/C13H15N3O4S2/c1-8-6-22-13-14-12(9(5-17)16(8)13)21-7-10(18)15(2)4-3-11(19)20/h5-6H,3-4,7H2,1-2H3,(H,19,20). The molecule has 118 valence electrons. The molecule has 1 N–H and O–H groups in total. The quantitative estimate of drug-likeness (QED) is 0.607. The van der Waals surface area contributed by atoms with Crippen LogP contribution in [0.15, 0.2) is 10.4 Å². The monoisotopic (exact) mass is 341 g/mol. The van der Waals surface area contributed by atoms with Crippen LogP contribution in [0.25, 0.3) is 4.96 Å². The van der Waals surface area contributed by atoms with Gasteiger partial charge in [-0.25, -0.2) is 4.98 Å². The minimum atomic E-state index is -0.944. The molecule has 2 rings (SSSR count). The van der Waals surface area contributed by atoms with Crippen LogP contribution in [0.4, 0.5) is 0 Å². The summed E-state index contributed by atoms with van der Waals surface area (Å²) in [5.41, 5.74) is 1.37. The highest BCUT2D eigenvalue weighted by Crippen LogP contribution is 2.26. The molecule has 0 aliphatic carbocycles. The molecule has 0 atom stereocenters. The first-order valence-corrected chi connectivity index (χ1v) is 8.30. The first-order chi connectivity index (χ1) is 10.4. The highest BCUT2D eigenvalue weighted by molar-refractivity contribution is 8.00. The number of nitrogens with zero attached hydrogens (tertiary/aromatic N) is 3. The largest absolute Gasteiger partial charge is 0.481 e. The molecule has 0 aliphatic heterocycles. The third-order valence-electron chi connectivity index (χ3n) is 3.07. The fourth-order valence-electron chi connectivity index (χ4n) is 1.84. The van der Waals surface area contributed by atoms with E-state index in [1.54, 1.807) is 11.4 Å². The zero-order valence-corrected chi connectivity index (χ0v) is 13.7. The summed E-state index contributed by atoms with van der Waals surface area (Å²) >= 11 is 2.62. The van der Waals surface area contributed by atoms with Crippen LogP contribution in [-0.2, 0) is 9.59 Å². The molecule has 2 aromatic heterocycles. The Kier molecular flexibility index (Phi) is 5.19. The van der Waals surface area contributed by atoms with E-state index in [-0.39, 0.29) is 24.6 Å². The van der Waals surface area contributed by atoms with Crippen LogP contribution in [0.5, 0.6) is 0 Å². The SMILES string of the molecule is Cc1csc2nc(SCC(=O)N(C)CCC(=O)O)c(C=O)n12. The molecule has 7 nitrogen and oxygen atoms in total. The highest BCUT2D eigenvalue weighted by Gasteiger charge is 2.17. The van der Waals surface area contributed by atoms with Crippen molar-refractivity contribution in [3.8, 4) is 0 Å². The predicted octanol–water partition coefficient (Wildman–Crippen LogP) is 1.54. The highest BCUT2D eigenvalue weighted by atomic mass is 32.2. The van der Waals surface area contributed by atoms with Crippen molar-refractivity contribution in [1.82, 2.24) is 14.3 Å². The molecule has 0 saturated carbocycles. The lowest BCUT2D eigenvalue weighted by atomic mass is 10.4. The number of thioether (sulfide) groups is 1. The van der Waals surface area contributed by atoms with Gasteiger partial charge < -0.3 is 10.0 Å². The van der Waals surface area contributed by atoms with Crippen molar-refractivity contribution >= 4 is 46.2 Å². The van der Waals surface area contributed by atoms with E-state index >= 15 is 0 Å². The Morgan fingerprint density at radius 2 is 2.27 bits per heavy atom. The molecule has 0 spiro atoms. The molecule has 0 unspecified atom stereocenters. The number of carbonyl (C=O) groups is 3. The van der Waals surface area contributed by atoms with E-state index in [0.29, 0.717) is 15.7 Å². The fraction of sp³-hybridized carbons (Fsp3) is 0.385. The number of amides is 1. The van der Waals surface area contributed by atoms with Crippen LogP contribution < -0.4 is 0 Å². The molecule has 0 bridgehead atoms. The molecule has 0 aliphatic rings. The molecule has 1 amide bonds. The number of aldehydes is 1. The molecule has 0 saturated heterocycles. The second-order valence-corrected chi connectivity index (χ2v) is 6.46. The van der Waals surface area contributed by atoms with Gasteiger partial charge in [-0.3, -0.25) is 18.8 Å². The van der Waals surface area contributed by atoms with E-state index in [1.165, 1.54) is 28.0 Å². The fourth-order valence-corrected chi connectivity index (χ4v) is 3.69. The van der Waals surface area contributed by atoms with Crippen molar-refractivity contribution in [2.45, 2.75) is 18.4 Å². The van der Waals surface area contributed by atoms with Gasteiger partial charge in [-0.1, -0.05) is 11.8 Å². The van der Waals surface area contributed by atoms with Crippen molar-refractivity contribution in [3.05, 3.63) is 16.8 Å². The Balaban J connectivity index is 2.03. The third kappa shape index (κ3) is 3.47. The Labute approximate surface area is 134 Å². The molecule has 22 heavy (non-hydrogen) atoms. The molecule has 0 radical (unpaired) electrons. The van der Waals surface area contributed by atoms with E-state index in [2.05, 4.69) is 4.98 Å². The van der Waals surface area contributed by atoms with Crippen molar-refractivity contribution in [3.63, 3.8) is 0 Å². The summed E-state index contributed by atoms with van der Waals surface area (Å²) in [4.78, 5) is 40.2. The van der Waals surface area contributed by atoms with Gasteiger partial charge in [0.1, 0.15) is 10.7 Å². The maximum Gasteiger partial charge on any atom is 0.305 e. The number of carboxylic acids is 1. The Hall–Kier alpha value is -1.87. The molecular weight excluding hydrogens is 326 g/mol. The van der Waals surface area contributed by atoms with Crippen molar-refractivity contribution in [2.75, 3.05) is 19.3 Å². The van der Waals surface area contributed by atoms with E-state index in [4.69, 9.17) is 5.11 Å². The maximum atomic E-state index is 11.9. The second kappa shape index (κ2) is 6.93. The molecular formula is C13H15N3O4S2. The summed E-state index contributed by atoms with van der Waals surface area (Å²) in [7, 11) is 1.56.